The minimum atomic E-state index is 0.855. The predicted octanol–water partition coefficient (Wildman–Crippen LogP) is 3.18. The molecule has 4 radical (unpaired) electrons. The fourth-order valence-electron chi connectivity index (χ4n) is 0.987. The van der Waals surface area contributed by atoms with Gasteiger partial charge in [-0.05, 0) is 0 Å². The normalized spacial score (nSPS) is 10.5. The van der Waals surface area contributed by atoms with Crippen LogP contribution in [0.4, 0.5) is 0 Å². The fourth-order valence-corrected chi connectivity index (χ4v) is 3.06. The molecule has 0 nitrogen and oxygen atoms in total. The van der Waals surface area contributed by atoms with Gasteiger partial charge in [0, 0.05) is 11.0 Å². The lowest BCUT2D eigenvalue weighted by molar-refractivity contribution is 0.698. The molecule has 0 saturated heterocycles. The molecule has 0 aromatic heterocycles. The van der Waals surface area contributed by atoms with Gasteiger partial charge in [-0.15, -0.1) is 23.2 Å². The van der Waals surface area contributed by atoms with Gasteiger partial charge in [0.25, 0.3) is 0 Å². The summed E-state index contributed by atoms with van der Waals surface area (Å²) in [5.41, 5.74) is 1.71. The second-order valence-corrected chi connectivity index (χ2v) is 6.82. The van der Waals surface area contributed by atoms with Crippen molar-refractivity contribution >= 4 is 42.2 Å². The standard InChI is InChI=1S/C8H16Cl2Si2/c9-7-11-5-3-1-2-4-6-12-8-10/h1-8H2. The number of unbranched alkanes of at least 4 members (excludes halogenated alkanes) is 3. The van der Waals surface area contributed by atoms with E-state index >= 15 is 0 Å². The van der Waals surface area contributed by atoms with E-state index in [0.717, 1.165) is 30.0 Å². The second kappa shape index (κ2) is 12.0. The third kappa shape index (κ3) is 11.0. The molecule has 0 atom stereocenters. The van der Waals surface area contributed by atoms with E-state index in [2.05, 4.69) is 0 Å². The van der Waals surface area contributed by atoms with Crippen molar-refractivity contribution in [2.45, 2.75) is 37.8 Å². The van der Waals surface area contributed by atoms with Crippen LogP contribution in [-0.2, 0) is 0 Å². The Morgan fingerprint density at radius 3 is 1.42 bits per heavy atom. The molecule has 0 fully saturated rings. The van der Waals surface area contributed by atoms with Crippen LogP contribution < -0.4 is 0 Å². The van der Waals surface area contributed by atoms with Gasteiger partial charge in [0.15, 0.2) is 0 Å². The van der Waals surface area contributed by atoms with Crippen LogP contribution in [0.3, 0.4) is 0 Å². The maximum atomic E-state index is 5.58. The highest BCUT2D eigenvalue weighted by Crippen LogP contribution is 2.05. The molecule has 0 spiro atoms. The van der Waals surface area contributed by atoms with E-state index in [1.54, 1.807) is 0 Å². The quantitative estimate of drug-likeness (QED) is 0.329. The lowest BCUT2D eigenvalue weighted by atomic mass is 10.2. The highest BCUT2D eigenvalue weighted by molar-refractivity contribution is 6.50. The molecule has 0 amide bonds. The van der Waals surface area contributed by atoms with Crippen molar-refractivity contribution in [3.8, 4) is 0 Å². The summed E-state index contributed by atoms with van der Waals surface area (Å²) >= 11 is 11.2. The van der Waals surface area contributed by atoms with Gasteiger partial charge in [0.1, 0.15) is 0 Å². The van der Waals surface area contributed by atoms with Gasteiger partial charge in [0.05, 0.1) is 19.0 Å². The van der Waals surface area contributed by atoms with Crippen LogP contribution in [0.2, 0.25) is 12.1 Å². The van der Waals surface area contributed by atoms with Crippen LogP contribution in [0.15, 0.2) is 0 Å². The zero-order chi connectivity index (χ0) is 9.07. The van der Waals surface area contributed by atoms with Gasteiger partial charge in [-0.2, -0.15) is 0 Å². The molecule has 0 N–H and O–H groups in total. The Balaban J connectivity index is 2.73. The smallest absolute Gasteiger partial charge is 0.0575 e. The van der Waals surface area contributed by atoms with E-state index in [1.165, 1.54) is 37.8 Å². The topological polar surface area (TPSA) is 0 Å². The predicted molar refractivity (Wildman–Crippen MR) is 61.0 cm³/mol. The van der Waals surface area contributed by atoms with Crippen LogP contribution in [0, 0.1) is 0 Å². The molecule has 0 aliphatic rings. The van der Waals surface area contributed by atoms with Gasteiger partial charge < -0.3 is 0 Å². The largest absolute Gasteiger partial charge is 0.131 e. The van der Waals surface area contributed by atoms with Crippen molar-refractivity contribution in [2.75, 3.05) is 11.0 Å². The maximum absolute atomic E-state index is 5.58. The van der Waals surface area contributed by atoms with Crippen molar-refractivity contribution in [3.63, 3.8) is 0 Å². The van der Waals surface area contributed by atoms with E-state index in [9.17, 15) is 0 Å². The molecule has 0 unspecified atom stereocenters. The fraction of sp³-hybridized carbons (Fsp3) is 1.00. The van der Waals surface area contributed by atoms with E-state index in [4.69, 9.17) is 23.2 Å². The highest BCUT2D eigenvalue weighted by atomic mass is 35.5. The van der Waals surface area contributed by atoms with Gasteiger partial charge in [-0.1, -0.05) is 37.8 Å². The summed E-state index contributed by atoms with van der Waals surface area (Å²) in [6, 6.07) is 2.67. The van der Waals surface area contributed by atoms with Crippen LogP contribution in [-0.4, -0.2) is 30.0 Å². The number of hydrogen-bond acceptors (Lipinski definition) is 0. The summed E-state index contributed by atoms with van der Waals surface area (Å²) < 4.78 is 0. The molecule has 0 heterocycles. The number of rotatable bonds is 9. The Labute approximate surface area is 91.0 Å². The summed E-state index contributed by atoms with van der Waals surface area (Å²) in [7, 11) is 1.95. The molecule has 0 aliphatic carbocycles. The summed E-state index contributed by atoms with van der Waals surface area (Å²) in [4.78, 5) is 0. The molecular formula is C8H16Cl2Si2. The van der Waals surface area contributed by atoms with Gasteiger partial charge in [0.2, 0.25) is 0 Å². The minimum Gasteiger partial charge on any atom is -0.131 e. The first kappa shape index (κ1) is 13.0. The molecular weight excluding hydrogens is 223 g/mol. The molecule has 0 aromatic carbocycles. The molecule has 70 valence electrons. The Kier molecular flexibility index (Phi) is 13.0. The van der Waals surface area contributed by atoms with E-state index in [0.29, 0.717) is 0 Å². The average Bonchev–Trinajstić information content (AvgIpc) is 2.10. The molecule has 0 aliphatic heterocycles. The van der Waals surface area contributed by atoms with E-state index < -0.39 is 0 Å². The van der Waals surface area contributed by atoms with Crippen molar-refractivity contribution in [2.24, 2.45) is 0 Å². The van der Waals surface area contributed by atoms with Crippen molar-refractivity contribution < 1.29 is 0 Å². The summed E-state index contributed by atoms with van der Waals surface area (Å²) in [6.07, 6.45) is 5.51. The Hall–Kier alpha value is 1.01. The van der Waals surface area contributed by atoms with Crippen molar-refractivity contribution in [3.05, 3.63) is 0 Å². The first-order valence-electron chi connectivity index (χ1n) is 4.45. The molecule has 0 bridgehead atoms. The molecule has 0 aromatic rings. The Morgan fingerprint density at radius 1 is 0.667 bits per heavy atom. The minimum absolute atomic E-state index is 0.855. The summed E-state index contributed by atoms with van der Waals surface area (Å²) in [5.74, 6) is 0. The van der Waals surface area contributed by atoms with E-state index in [-0.39, 0.29) is 0 Å². The molecule has 4 heteroatoms. The maximum Gasteiger partial charge on any atom is 0.0575 e. The SMILES string of the molecule is ClC[Si]CCCCCC[Si]CCl. The third-order valence-corrected chi connectivity index (χ3v) is 4.57. The Morgan fingerprint density at radius 2 is 1.08 bits per heavy atom. The highest BCUT2D eigenvalue weighted by Gasteiger charge is 1.91. The average molecular weight is 239 g/mol. The monoisotopic (exact) mass is 238 g/mol. The van der Waals surface area contributed by atoms with Crippen LogP contribution >= 0.6 is 23.2 Å². The first-order chi connectivity index (χ1) is 5.91. The third-order valence-electron chi connectivity index (χ3n) is 1.65. The van der Waals surface area contributed by atoms with Crippen LogP contribution in [0.5, 0.6) is 0 Å². The lowest BCUT2D eigenvalue weighted by Crippen LogP contribution is -1.92. The van der Waals surface area contributed by atoms with Crippen molar-refractivity contribution in [1.29, 1.82) is 0 Å². The van der Waals surface area contributed by atoms with Gasteiger partial charge >= 0.3 is 0 Å². The van der Waals surface area contributed by atoms with Crippen LogP contribution in [0.25, 0.3) is 0 Å². The van der Waals surface area contributed by atoms with Crippen molar-refractivity contribution in [1.82, 2.24) is 0 Å². The van der Waals surface area contributed by atoms with E-state index in [1.807, 2.05) is 0 Å². The van der Waals surface area contributed by atoms with Crippen LogP contribution in [0.1, 0.15) is 25.7 Å². The molecule has 0 rings (SSSR count). The molecule has 0 saturated carbocycles. The number of halogens is 2. The van der Waals surface area contributed by atoms with Gasteiger partial charge in [-0.25, -0.2) is 0 Å². The Bertz CT molecular complexity index is 71.5. The van der Waals surface area contributed by atoms with Gasteiger partial charge in [-0.3, -0.25) is 0 Å². The number of hydrogen-bond donors (Lipinski definition) is 0. The second-order valence-electron chi connectivity index (χ2n) is 2.68. The summed E-state index contributed by atoms with van der Waals surface area (Å²) in [5, 5.41) is 0. The number of alkyl halides is 2. The zero-order valence-electron chi connectivity index (χ0n) is 7.41. The summed E-state index contributed by atoms with van der Waals surface area (Å²) in [6.45, 7) is 0. The first-order valence-corrected chi connectivity index (χ1v) is 8.35. The molecule has 12 heavy (non-hydrogen) atoms. The lowest BCUT2D eigenvalue weighted by Gasteiger charge is -1.98. The zero-order valence-corrected chi connectivity index (χ0v) is 10.9.